The Balaban J connectivity index is 2.77. The van der Waals surface area contributed by atoms with E-state index >= 15 is 0 Å². The van der Waals surface area contributed by atoms with E-state index in [2.05, 4.69) is 4.99 Å². The van der Waals surface area contributed by atoms with E-state index in [0.29, 0.717) is 5.84 Å². The Morgan fingerprint density at radius 2 is 2.50 bits per heavy atom. The van der Waals surface area contributed by atoms with E-state index in [0.717, 1.165) is 0 Å². The second kappa shape index (κ2) is 2.25. The summed E-state index contributed by atoms with van der Waals surface area (Å²) in [6.07, 6.45) is 1.68. The molecule has 0 spiro atoms. The van der Waals surface area contributed by atoms with Crippen molar-refractivity contribution >= 4 is 9.75 Å². The summed E-state index contributed by atoms with van der Waals surface area (Å²) in [6, 6.07) is 0. The van der Waals surface area contributed by atoms with E-state index in [1.165, 1.54) is 0 Å². The Morgan fingerprint density at radius 1 is 1.75 bits per heavy atom. The van der Waals surface area contributed by atoms with Gasteiger partial charge in [-0.3, -0.25) is 0 Å². The van der Waals surface area contributed by atoms with Gasteiger partial charge in [-0.2, -0.15) is 0 Å². The van der Waals surface area contributed by atoms with Gasteiger partial charge in [-0.1, -0.05) is 0 Å². The number of carbonyl (C=O) groups excluding carboxylic acids is 1. The molecule has 0 atom stereocenters. The first-order valence-electron chi connectivity index (χ1n) is 1.97. The van der Waals surface area contributed by atoms with Crippen molar-refractivity contribution in [1.82, 2.24) is 0 Å². The van der Waals surface area contributed by atoms with Gasteiger partial charge < -0.3 is 0 Å². The monoisotopic (exact) mass is 223 g/mol. The van der Waals surface area contributed by atoms with Crippen LogP contribution in [0.2, 0.25) is 0 Å². The van der Waals surface area contributed by atoms with Crippen molar-refractivity contribution in [3.63, 3.8) is 0 Å². The van der Waals surface area contributed by atoms with Crippen molar-refractivity contribution in [2.75, 3.05) is 0 Å². The fraction of sp³-hybridized carbons (Fsp3) is 0. The van der Waals surface area contributed by atoms with Crippen LogP contribution in [0.25, 0.3) is 0 Å². The number of hydrogen-bond acceptors (Lipinski definition) is 2. The molecule has 0 aromatic heterocycles. The topological polar surface area (TPSA) is 55.4 Å². The molecule has 0 saturated heterocycles. The average Bonchev–Trinajstić information content (AvgIpc) is 1.64. The molecule has 4 heteroatoms. The number of hydrogen-bond donors (Lipinski definition) is 1. The summed E-state index contributed by atoms with van der Waals surface area (Å²) in [5, 5.41) is 0. The van der Waals surface area contributed by atoms with Gasteiger partial charge in [0.15, 0.2) is 0 Å². The number of halogens is 1. The van der Waals surface area contributed by atoms with Crippen LogP contribution in [0, 0.1) is 0 Å². The molecule has 0 aromatic rings. The molecule has 0 fully saturated rings. The number of amides is 1. The van der Waals surface area contributed by atoms with Gasteiger partial charge in [0, 0.05) is 0 Å². The summed E-state index contributed by atoms with van der Waals surface area (Å²) in [5.74, 6) is 0.334. The van der Waals surface area contributed by atoms with Crippen molar-refractivity contribution in [2.45, 2.75) is 0 Å². The van der Waals surface area contributed by atoms with Gasteiger partial charge in [0.05, 0.1) is 0 Å². The predicted molar refractivity (Wildman–Crippen MR) is 26.2 cm³/mol. The first-order valence-corrected chi connectivity index (χ1v) is 4.29. The summed E-state index contributed by atoms with van der Waals surface area (Å²) in [4.78, 5) is 13.9. The molecule has 3 nitrogen and oxygen atoms in total. The van der Waals surface area contributed by atoms with Crippen LogP contribution in [0.4, 0.5) is 4.79 Å². The zero-order chi connectivity index (χ0) is 5.98. The Labute approximate surface area is 56.9 Å². The molecule has 44 valence electrons. The minimum absolute atomic E-state index is 0.0520. The molecule has 0 aliphatic carbocycles. The maximum atomic E-state index is 10.4. The second-order valence-corrected chi connectivity index (χ2v) is 3.46. The van der Waals surface area contributed by atoms with Crippen LogP contribution < -0.4 is 26.9 Å². The van der Waals surface area contributed by atoms with E-state index < -0.39 is 21.2 Å². The van der Waals surface area contributed by atoms with Gasteiger partial charge in [-0.15, -0.1) is 0 Å². The van der Waals surface area contributed by atoms with Crippen molar-refractivity contribution in [1.29, 1.82) is 0 Å². The van der Waals surface area contributed by atoms with Gasteiger partial charge in [0.2, 0.25) is 0 Å². The number of amidine groups is 1. The molecule has 1 aliphatic heterocycles. The number of aliphatic imine (C=N–C) groups is 1. The quantitative estimate of drug-likeness (QED) is 0.272. The van der Waals surface area contributed by atoms with E-state index in [-0.39, 0.29) is 3.91 Å². The van der Waals surface area contributed by atoms with Crippen LogP contribution in [-0.4, -0.2) is 9.75 Å². The maximum absolute atomic E-state index is 10.4. The van der Waals surface area contributed by atoms with Crippen LogP contribution in [0.15, 0.2) is 15.2 Å². The fourth-order valence-electron chi connectivity index (χ4n) is 0.313. The molecular weight excluding hydrogens is 219 g/mol. The van der Waals surface area contributed by atoms with E-state index in [1.807, 2.05) is 4.08 Å². The van der Waals surface area contributed by atoms with E-state index in [9.17, 15) is 4.79 Å². The molecule has 1 rings (SSSR count). The Morgan fingerprint density at radius 3 is 2.88 bits per heavy atom. The Bertz CT molecular complexity index is 173. The summed E-state index contributed by atoms with van der Waals surface area (Å²) in [6.45, 7) is 0. The molecule has 2 N–H and O–H groups in total. The standard InChI is InChI=1S/C4H4IN2O/c6-3-1-2-5-4(8)7-3/h1-2H,(H2,6,7,8)/q-1. The van der Waals surface area contributed by atoms with Crippen LogP contribution in [-0.2, 0) is 0 Å². The zero-order valence-corrected chi connectivity index (χ0v) is 6.12. The second-order valence-electron chi connectivity index (χ2n) is 1.19. The van der Waals surface area contributed by atoms with Gasteiger partial charge in [-0.25, -0.2) is 0 Å². The molecule has 0 radical (unpaired) electrons. The van der Waals surface area contributed by atoms with Crippen molar-refractivity contribution in [3.05, 3.63) is 10.2 Å². The molecule has 1 heterocycles. The third-order valence-corrected chi connectivity index (χ3v) is 2.10. The van der Waals surface area contributed by atoms with Crippen LogP contribution in [0.1, 0.15) is 0 Å². The van der Waals surface area contributed by atoms with E-state index in [4.69, 9.17) is 5.73 Å². The van der Waals surface area contributed by atoms with Gasteiger partial charge >= 0.3 is 56.6 Å². The third-order valence-electron chi connectivity index (χ3n) is 0.607. The normalized spacial score (nSPS) is 19.5. The summed E-state index contributed by atoms with van der Waals surface area (Å²) in [7, 11) is 0. The van der Waals surface area contributed by atoms with E-state index in [1.54, 1.807) is 6.08 Å². The summed E-state index contributed by atoms with van der Waals surface area (Å²) < 4.78 is 1.76. The van der Waals surface area contributed by atoms with Crippen molar-refractivity contribution in [3.8, 4) is 0 Å². The molecule has 1 amide bonds. The molecule has 0 bridgehead atoms. The average molecular weight is 223 g/mol. The van der Waals surface area contributed by atoms with Gasteiger partial charge in [-0.05, 0) is 0 Å². The van der Waals surface area contributed by atoms with Gasteiger partial charge in [0.1, 0.15) is 0 Å². The van der Waals surface area contributed by atoms with Crippen LogP contribution in [0.5, 0.6) is 0 Å². The Kier molecular flexibility index (Phi) is 1.62. The number of rotatable bonds is 0. The van der Waals surface area contributed by atoms with Crippen molar-refractivity contribution in [2.24, 2.45) is 10.7 Å². The fourth-order valence-corrected chi connectivity index (χ4v) is 1.59. The molecule has 8 heavy (non-hydrogen) atoms. The minimum atomic E-state index is -0.462. The molecule has 0 saturated carbocycles. The summed E-state index contributed by atoms with van der Waals surface area (Å²) in [5.41, 5.74) is 5.19. The van der Waals surface area contributed by atoms with Gasteiger partial charge in [0.25, 0.3) is 0 Å². The van der Waals surface area contributed by atoms with Crippen molar-refractivity contribution < 1.29 is 26.0 Å². The number of nitrogens with two attached hydrogens (primary N) is 1. The molecular formula is C4H4IN2O-. The predicted octanol–water partition coefficient (Wildman–Crippen LogP) is -2.92. The summed E-state index contributed by atoms with van der Waals surface area (Å²) >= 11 is -0.462. The third kappa shape index (κ3) is 1.29. The number of carbonyl (C=O) groups is 1. The Hall–Kier alpha value is -0.390. The number of nitrogens with zero attached hydrogens (tertiary/aromatic N) is 1. The zero-order valence-electron chi connectivity index (χ0n) is 3.97. The first kappa shape index (κ1) is 5.74. The van der Waals surface area contributed by atoms with Crippen LogP contribution in [0.3, 0.4) is 0 Å². The molecule has 0 unspecified atom stereocenters. The van der Waals surface area contributed by atoms with Crippen LogP contribution >= 0.6 is 0 Å². The molecule has 0 aromatic carbocycles. The first-order chi connectivity index (χ1) is 3.79. The SMILES string of the molecule is NC1=NC(=O)[I-]C=C1. The molecule has 1 aliphatic rings.